The van der Waals surface area contributed by atoms with Crippen molar-refractivity contribution in [3.63, 3.8) is 0 Å². The number of carbonyl (C=O) groups is 2. The van der Waals surface area contributed by atoms with Crippen molar-refractivity contribution < 1.29 is 63.5 Å². The Bertz CT molecular complexity index is 2310. The number of hydrogen-bond acceptors (Lipinski definition) is 9. The molecule has 0 heterocycles. The minimum absolute atomic E-state index is 0.0905. The van der Waals surface area contributed by atoms with Gasteiger partial charge in [0.25, 0.3) is 0 Å². The first kappa shape index (κ1) is 52.3. The van der Waals surface area contributed by atoms with Crippen LogP contribution in [0.3, 0.4) is 0 Å². The lowest BCUT2D eigenvalue weighted by atomic mass is 9.68. The molecular formula is C48H57F5O9P2. The molecule has 4 aromatic rings. The van der Waals surface area contributed by atoms with Crippen LogP contribution in [0, 0.1) is 5.82 Å². The molecule has 0 radical (unpaired) electrons. The van der Waals surface area contributed by atoms with E-state index in [0.717, 1.165) is 36.4 Å². The van der Waals surface area contributed by atoms with Crippen LogP contribution >= 0.6 is 15.2 Å². The smallest absolute Gasteiger partial charge is 0.405 e. The highest BCUT2D eigenvalue weighted by atomic mass is 31.2. The van der Waals surface area contributed by atoms with E-state index in [1.165, 1.54) is 104 Å². The van der Waals surface area contributed by atoms with E-state index in [1.807, 2.05) is 0 Å². The van der Waals surface area contributed by atoms with Gasteiger partial charge in [-0.15, -0.1) is 0 Å². The van der Waals surface area contributed by atoms with Crippen LogP contribution in [0.5, 0.6) is 0 Å². The van der Waals surface area contributed by atoms with Gasteiger partial charge in [0, 0.05) is 16.7 Å². The summed E-state index contributed by atoms with van der Waals surface area (Å²) in [5.74, 6) is -1.70. The standard InChI is InChI=1S/C48H57F5O9P2/c1-11-58-63(56,59-12-2)47(50,51)39-23-15-34(16-24-39)14-13-31-46(42(54)36-21-29-41(49)30-22-36,38-27-19-37(20-28-38)43(55)60-33(3)4)32-35-17-25-40(26-18-35)48(52,53)64(57,61-44(5,6)7)62-45(8,9)10/h13-30,33H,11-12,31-32H2,1-10H3/b14-13+. The SMILES string of the molecule is CCOP(=O)(OCC)C(F)(F)c1ccc(/C=C/CC(Cc2ccc(C(F)(F)P(=O)(OC(C)(C)C)OC(C)(C)C)cc2)(C(=O)c2ccc(F)cc2)c2ccc(C(=O)OC(C)C)cc2)cc1. The van der Waals surface area contributed by atoms with Crippen molar-refractivity contribution in [2.45, 2.75) is 116 Å². The van der Waals surface area contributed by atoms with Gasteiger partial charge in [0.1, 0.15) is 5.82 Å². The summed E-state index contributed by atoms with van der Waals surface area (Å²) in [5, 5.41) is 0. The maximum Gasteiger partial charge on any atom is 0.405 e. The molecule has 0 aliphatic heterocycles. The number of ether oxygens (including phenoxy) is 1. The monoisotopic (exact) mass is 934 g/mol. The lowest BCUT2D eigenvalue weighted by Gasteiger charge is -2.36. The predicted molar refractivity (Wildman–Crippen MR) is 238 cm³/mol. The maximum absolute atomic E-state index is 16.4. The van der Waals surface area contributed by atoms with Crippen molar-refractivity contribution in [3.05, 3.63) is 148 Å². The number of Topliss-reactive ketones (excluding diaryl/α,β-unsaturated/α-hetero) is 1. The Kier molecular flexibility index (Phi) is 16.7. The molecule has 0 spiro atoms. The van der Waals surface area contributed by atoms with Crippen molar-refractivity contribution >= 4 is 33.0 Å². The molecule has 64 heavy (non-hydrogen) atoms. The van der Waals surface area contributed by atoms with Crippen LogP contribution in [0.4, 0.5) is 22.0 Å². The van der Waals surface area contributed by atoms with E-state index in [-0.39, 0.29) is 37.2 Å². The van der Waals surface area contributed by atoms with Gasteiger partial charge in [0.2, 0.25) is 0 Å². The molecule has 348 valence electrons. The molecule has 4 aromatic carbocycles. The van der Waals surface area contributed by atoms with E-state index in [1.54, 1.807) is 38.1 Å². The molecule has 16 heteroatoms. The number of esters is 1. The second-order valence-electron chi connectivity index (χ2n) is 17.4. The molecule has 0 fully saturated rings. The van der Waals surface area contributed by atoms with Gasteiger partial charge >= 0.3 is 32.5 Å². The number of carbonyl (C=O) groups excluding carboxylic acids is 2. The summed E-state index contributed by atoms with van der Waals surface area (Å²) in [4.78, 5) is 27.9. The summed E-state index contributed by atoms with van der Waals surface area (Å²) in [6.45, 7) is 14.6. The summed E-state index contributed by atoms with van der Waals surface area (Å²) in [6, 6.07) is 20.8. The predicted octanol–water partition coefficient (Wildman–Crippen LogP) is 14.0. The fourth-order valence-corrected chi connectivity index (χ4v) is 10.5. The van der Waals surface area contributed by atoms with Crippen molar-refractivity contribution in [1.29, 1.82) is 0 Å². The van der Waals surface area contributed by atoms with Gasteiger partial charge in [0.05, 0.1) is 41.5 Å². The van der Waals surface area contributed by atoms with Crippen molar-refractivity contribution in [2.75, 3.05) is 13.2 Å². The molecule has 1 unspecified atom stereocenters. The maximum atomic E-state index is 16.4. The van der Waals surface area contributed by atoms with Crippen LogP contribution in [0.15, 0.2) is 103 Å². The molecule has 0 bridgehead atoms. The van der Waals surface area contributed by atoms with E-state index < -0.39 is 77.9 Å². The highest BCUT2D eigenvalue weighted by Crippen LogP contribution is 2.70. The summed E-state index contributed by atoms with van der Waals surface area (Å²) >= 11 is 0. The molecule has 9 nitrogen and oxygen atoms in total. The topological polar surface area (TPSA) is 114 Å². The van der Waals surface area contributed by atoms with Crippen LogP contribution in [0.2, 0.25) is 0 Å². The fraction of sp³-hybridized carbons (Fsp3) is 0.417. The average molecular weight is 935 g/mol. The Labute approximate surface area is 372 Å². The van der Waals surface area contributed by atoms with Crippen LogP contribution in [-0.4, -0.2) is 42.3 Å². The van der Waals surface area contributed by atoms with Gasteiger partial charge in [-0.2, -0.15) is 17.6 Å². The van der Waals surface area contributed by atoms with Crippen LogP contribution in [0.25, 0.3) is 6.08 Å². The van der Waals surface area contributed by atoms with Gasteiger partial charge in [-0.05, 0) is 135 Å². The third kappa shape index (κ3) is 12.5. The third-order valence-electron chi connectivity index (χ3n) is 9.47. The number of rotatable bonds is 20. The van der Waals surface area contributed by atoms with Crippen LogP contribution < -0.4 is 0 Å². The minimum Gasteiger partial charge on any atom is -0.459 e. The van der Waals surface area contributed by atoms with Crippen molar-refractivity contribution in [1.82, 2.24) is 0 Å². The van der Waals surface area contributed by atoms with E-state index in [4.69, 9.17) is 22.8 Å². The molecule has 0 N–H and O–H groups in total. The fourth-order valence-electron chi connectivity index (χ4n) is 6.75. The van der Waals surface area contributed by atoms with Gasteiger partial charge in [-0.25, -0.2) is 9.18 Å². The highest BCUT2D eigenvalue weighted by Gasteiger charge is 2.58. The Hall–Kier alpha value is -4.29. The third-order valence-corrected chi connectivity index (χ3v) is 14.1. The lowest BCUT2D eigenvalue weighted by molar-refractivity contribution is -0.0213. The molecule has 0 aliphatic carbocycles. The summed E-state index contributed by atoms with van der Waals surface area (Å²) in [6.07, 6.45) is 2.57. The Morgan fingerprint density at radius 1 is 0.625 bits per heavy atom. The van der Waals surface area contributed by atoms with Crippen LogP contribution in [-0.2, 0) is 55.1 Å². The van der Waals surface area contributed by atoms with Crippen molar-refractivity contribution in [2.24, 2.45) is 0 Å². The van der Waals surface area contributed by atoms with E-state index in [2.05, 4.69) is 0 Å². The largest absolute Gasteiger partial charge is 0.459 e. The molecule has 4 rings (SSSR count). The van der Waals surface area contributed by atoms with Gasteiger partial charge in [0.15, 0.2) is 5.78 Å². The van der Waals surface area contributed by atoms with E-state index in [9.17, 15) is 23.1 Å². The molecule has 0 saturated heterocycles. The van der Waals surface area contributed by atoms with Gasteiger partial charge < -0.3 is 13.8 Å². The number of ketones is 1. The number of benzene rings is 4. The number of alkyl halides is 4. The zero-order valence-electron chi connectivity index (χ0n) is 37.8. The zero-order chi connectivity index (χ0) is 47.9. The zero-order valence-corrected chi connectivity index (χ0v) is 39.5. The molecule has 0 saturated carbocycles. The number of halogens is 5. The molecule has 0 aliphatic rings. The first-order chi connectivity index (χ1) is 29.6. The Morgan fingerprint density at radius 2 is 1.06 bits per heavy atom. The molecule has 1 atom stereocenters. The number of hydrogen-bond donors (Lipinski definition) is 0. The average Bonchev–Trinajstić information content (AvgIpc) is 3.19. The van der Waals surface area contributed by atoms with Gasteiger partial charge in [-0.1, -0.05) is 72.8 Å². The first-order valence-corrected chi connectivity index (χ1v) is 23.9. The molecular weight excluding hydrogens is 877 g/mol. The second-order valence-corrected chi connectivity index (χ2v) is 21.4. The quantitative estimate of drug-likeness (QED) is 0.0370. The Balaban J connectivity index is 1.87. The van der Waals surface area contributed by atoms with Crippen molar-refractivity contribution in [3.8, 4) is 0 Å². The van der Waals surface area contributed by atoms with Crippen LogP contribution in [0.1, 0.15) is 124 Å². The molecule has 0 aromatic heterocycles. The lowest BCUT2D eigenvalue weighted by Crippen LogP contribution is -2.38. The summed E-state index contributed by atoms with van der Waals surface area (Å²) in [7, 11) is -10.1. The Morgan fingerprint density at radius 3 is 1.52 bits per heavy atom. The number of allylic oxidation sites excluding steroid dienone is 1. The van der Waals surface area contributed by atoms with E-state index in [0.29, 0.717) is 16.7 Å². The molecule has 0 amide bonds. The minimum atomic E-state index is -5.18. The second kappa shape index (κ2) is 20.5. The highest BCUT2D eigenvalue weighted by molar-refractivity contribution is 7.55. The normalized spacial score (nSPS) is 14.2. The summed E-state index contributed by atoms with van der Waals surface area (Å²) < 4.78 is 131. The summed E-state index contributed by atoms with van der Waals surface area (Å²) in [5.41, 5.74) is -12.0. The van der Waals surface area contributed by atoms with E-state index >= 15 is 17.6 Å². The first-order valence-electron chi connectivity index (χ1n) is 20.8. The van der Waals surface area contributed by atoms with Gasteiger partial charge in [-0.3, -0.25) is 23.0 Å².